The van der Waals surface area contributed by atoms with Gasteiger partial charge in [-0.2, -0.15) is 4.98 Å². The van der Waals surface area contributed by atoms with Crippen LogP contribution in [0.4, 0.5) is 11.6 Å². The summed E-state index contributed by atoms with van der Waals surface area (Å²) in [5.41, 5.74) is 0.0418. The van der Waals surface area contributed by atoms with E-state index >= 15 is 0 Å². The van der Waals surface area contributed by atoms with E-state index in [-0.39, 0.29) is 25.5 Å². The number of carbonyl (C=O) groups excluding carboxylic acids is 1. The van der Waals surface area contributed by atoms with Gasteiger partial charge in [0, 0.05) is 17.3 Å². The Kier molecular flexibility index (Phi) is 7.67. The van der Waals surface area contributed by atoms with Crippen molar-refractivity contribution >= 4 is 29.2 Å². The molecule has 1 aromatic heterocycles. The van der Waals surface area contributed by atoms with Crippen LogP contribution >= 0.6 is 11.6 Å². The lowest BCUT2D eigenvalue weighted by atomic mass is 10.2. The topological polar surface area (TPSA) is 104 Å². The highest BCUT2D eigenvalue weighted by Crippen LogP contribution is 2.19. The summed E-state index contributed by atoms with van der Waals surface area (Å²) in [6, 6.07) is 14.0. The van der Waals surface area contributed by atoms with Crippen LogP contribution in [-0.4, -0.2) is 33.8 Å². The van der Waals surface area contributed by atoms with Gasteiger partial charge < -0.3 is 14.8 Å². The van der Waals surface area contributed by atoms with Crippen LogP contribution in [0.1, 0.15) is 18.9 Å². The van der Waals surface area contributed by atoms with Crippen LogP contribution in [0.3, 0.4) is 0 Å². The molecule has 32 heavy (non-hydrogen) atoms. The van der Waals surface area contributed by atoms with Gasteiger partial charge in [0.25, 0.3) is 0 Å². The molecule has 1 heterocycles. The van der Waals surface area contributed by atoms with E-state index in [1.54, 1.807) is 48.5 Å². The van der Waals surface area contributed by atoms with Crippen LogP contribution in [0.5, 0.6) is 5.75 Å². The number of methoxy groups -OCH3 is 1. The molecule has 3 aromatic rings. The van der Waals surface area contributed by atoms with Gasteiger partial charge in [0.2, 0.25) is 5.95 Å². The first-order valence-electron chi connectivity index (χ1n) is 9.94. The van der Waals surface area contributed by atoms with Gasteiger partial charge in [0.05, 0.1) is 26.7 Å². The number of ether oxygens (including phenoxy) is 2. The van der Waals surface area contributed by atoms with Crippen molar-refractivity contribution < 1.29 is 14.3 Å². The summed E-state index contributed by atoms with van der Waals surface area (Å²) in [5, 5.41) is 3.59. The minimum Gasteiger partial charge on any atom is -0.494 e. The van der Waals surface area contributed by atoms with Gasteiger partial charge in [0.1, 0.15) is 5.75 Å². The second-order valence-corrected chi connectivity index (χ2v) is 7.21. The largest absolute Gasteiger partial charge is 0.494 e. The Labute approximate surface area is 189 Å². The molecule has 3 rings (SSSR count). The molecule has 0 atom stereocenters. The number of hydrogen-bond acceptors (Lipinski definition) is 7. The third-order valence-electron chi connectivity index (χ3n) is 4.59. The quantitative estimate of drug-likeness (QED) is 0.491. The number of anilines is 2. The molecule has 0 amide bonds. The molecule has 0 saturated heterocycles. The molecule has 0 spiro atoms. The lowest BCUT2D eigenvalue weighted by Gasteiger charge is -2.16. The molecule has 2 aromatic carbocycles. The first kappa shape index (κ1) is 23.1. The summed E-state index contributed by atoms with van der Waals surface area (Å²) < 4.78 is 12.3. The first-order chi connectivity index (χ1) is 15.4. The fourth-order valence-electron chi connectivity index (χ4n) is 2.97. The Balaban J connectivity index is 1.99. The number of carbonyl (C=O) groups is 1. The molecule has 168 valence electrons. The molecular formula is C22H23ClN4O5. The van der Waals surface area contributed by atoms with E-state index in [1.807, 2.05) is 6.92 Å². The van der Waals surface area contributed by atoms with Crippen molar-refractivity contribution in [1.82, 2.24) is 14.1 Å². The Bertz CT molecular complexity index is 1190. The third kappa shape index (κ3) is 5.76. The molecule has 0 saturated carbocycles. The van der Waals surface area contributed by atoms with Crippen molar-refractivity contribution in [2.45, 2.75) is 26.4 Å². The van der Waals surface area contributed by atoms with Crippen molar-refractivity contribution in [2.75, 3.05) is 19.0 Å². The minimum absolute atomic E-state index is 0.0772. The summed E-state index contributed by atoms with van der Waals surface area (Å²) in [7, 11) is 1.24. The number of nitrogens with one attached hydrogen (secondary N) is 1. The van der Waals surface area contributed by atoms with Crippen LogP contribution in [-0.2, 0) is 22.6 Å². The van der Waals surface area contributed by atoms with Gasteiger partial charge in [-0.25, -0.2) is 14.2 Å². The van der Waals surface area contributed by atoms with E-state index in [0.717, 1.165) is 10.1 Å². The Morgan fingerprint density at radius 1 is 1.06 bits per heavy atom. The number of rotatable bonds is 9. The maximum Gasteiger partial charge on any atom is 0.354 e. The molecule has 0 radical (unpaired) electrons. The van der Waals surface area contributed by atoms with Crippen LogP contribution in [0.15, 0.2) is 58.1 Å². The van der Waals surface area contributed by atoms with Gasteiger partial charge in [-0.3, -0.25) is 9.36 Å². The number of benzene rings is 2. The van der Waals surface area contributed by atoms with Crippen molar-refractivity contribution in [3.05, 3.63) is 80.1 Å². The summed E-state index contributed by atoms with van der Waals surface area (Å²) in [6.45, 7) is 2.43. The van der Waals surface area contributed by atoms with Crippen molar-refractivity contribution in [1.29, 1.82) is 0 Å². The van der Waals surface area contributed by atoms with Crippen molar-refractivity contribution in [3.8, 4) is 5.75 Å². The molecule has 0 bridgehead atoms. The second-order valence-electron chi connectivity index (χ2n) is 6.77. The van der Waals surface area contributed by atoms with Crippen molar-refractivity contribution in [2.24, 2.45) is 0 Å². The van der Waals surface area contributed by atoms with Crippen LogP contribution in [0.25, 0.3) is 0 Å². The summed E-state index contributed by atoms with van der Waals surface area (Å²) in [6.07, 6.45) is -0.125. The van der Waals surface area contributed by atoms with Gasteiger partial charge in [-0.1, -0.05) is 23.7 Å². The number of aromatic nitrogens is 3. The predicted molar refractivity (Wildman–Crippen MR) is 121 cm³/mol. The van der Waals surface area contributed by atoms with E-state index < -0.39 is 17.3 Å². The Morgan fingerprint density at radius 3 is 2.38 bits per heavy atom. The second kappa shape index (κ2) is 10.6. The van der Waals surface area contributed by atoms with Crippen LogP contribution in [0.2, 0.25) is 5.02 Å². The molecule has 0 aliphatic rings. The zero-order chi connectivity index (χ0) is 23.1. The molecule has 1 N–H and O–H groups in total. The first-order valence-corrected chi connectivity index (χ1v) is 10.3. The maximum absolute atomic E-state index is 13.2. The highest BCUT2D eigenvalue weighted by atomic mass is 35.5. The van der Waals surface area contributed by atoms with Crippen LogP contribution < -0.4 is 21.4 Å². The predicted octanol–water partition coefficient (Wildman–Crippen LogP) is 2.81. The summed E-state index contributed by atoms with van der Waals surface area (Å²) in [4.78, 5) is 41.3. The van der Waals surface area contributed by atoms with E-state index in [0.29, 0.717) is 23.1 Å². The van der Waals surface area contributed by atoms with E-state index in [1.165, 1.54) is 11.7 Å². The molecule has 0 aliphatic carbocycles. The number of halogens is 1. The van der Waals surface area contributed by atoms with Crippen LogP contribution in [0, 0.1) is 0 Å². The number of esters is 1. The fraction of sp³-hybridized carbons (Fsp3) is 0.273. The highest BCUT2D eigenvalue weighted by Gasteiger charge is 2.15. The van der Waals surface area contributed by atoms with E-state index in [9.17, 15) is 14.4 Å². The van der Waals surface area contributed by atoms with E-state index in [2.05, 4.69) is 15.0 Å². The zero-order valence-electron chi connectivity index (χ0n) is 17.7. The Morgan fingerprint density at radius 2 is 1.75 bits per heavy atom. The smallest absolute Gasteiger partial charge is 0.354 e. The van der Waals surface area contributed by atoms with Gasteiger partial charge in [0.15, 0.2) is 0 Å². The summed E-state index contributed by atoms with van der Waals surface area (Å²) in [5.74, 6) is 0.244. The van der Waals surface area contributed by atoms with Gasteiger partial charge in [-0.05, 0) is 48.9 Å². The third-order valence-corrected chi connectivity index (χ3v) is 4.84. The molecular weight excluding hydrogens is 436 g/mol. The zero-order valence-corrected chi connectivity index (χ0v) is 18.5. The lowest BCUT2D eigenvalue weighted by molar-refractivity contribution is -0.140. The molecule has 0 unspecified atom stereocenters. The normalized spacial score (nSPS) is 10.6. The minimum atomic E-state index is -0.764. The Hall–Kier alpha value is -3.59. The standard InChI is InChI=1S/C22H23ClN4O5/c1-3-32-18-10-8-17(9-11-18)24-20-25-21(29)26(13-12-19(28)31-2)22(30)27(20)14-15-4-6-16(23)7-5-15/h4-11H,3,12-14H2,1-2H3,(H,24,25,29). The monoisotopic (exact) mass is 458 g/mol. The molecule has 0 aliphatic heterocycles. The fourth-order valence-corrected chi connectivity index (χ4v) is 3.09. The maximum atomic E-state index is 13.2. The number of nitrogens with zero attached hydrogens (tertiary/aromatic N) is 3. The summed E-state index contributed by atoms with van der Waals surface area (Å²) >= 11 is 5.96. The average molecular weight is 459 g/mol. The van der Waals surface area contributed by atoms with Crippen molar-refractivity contribution in [3.63, 3.8) is 0 Å². The molecule has 10 heteroatoms. The SMILES string of the molecule is CCOc1ccc(Nc2nc(=O)n(CCC(=O)OC)c(=O)n2Cc2ccc(Cl)cc2)cc1. The molecule has 0 fully saturated rings. The van der Waals surface area contributed by atoms with Gasteiger partial charge >= 0.3 is 17.3 Å². The number of hydrogen-bond donors (Lipinski definition) is 1. The highest BCUT2D eigenvalue weighted by molar-refractivity contribution is 6.30. The average Bonchev–Trinajstić information content (AvgIpc) is 2.78. The van der Waals surface area contributed by atoms with E-state index in [4.69, 9.17) is 16.3 Å². The lowest BCUT2D eigenvalue weighted by Crippen LogP contribution is -2.43. The molecule has 9 nitrogen and oxygen atoms in total. The van der Waals surface area contributed by atoms with Gasteiger partial charge in [-0.15, -0.1) is 0 Å².